The minimum Gasteiger partial charge on any atom is -0.339 e. The molecule has 1 aromatic rings. The van der Waals surface area contributed by atoms with E-state index in [1.165, 1.54) is 34.0 Å². The number of rotatable bonds is 5. The average Bonchev–Trinajstić information content (AvgIpc) is 2.69. The third-order valence-electron chi connectivity index (χ3n) is 4.30. The minimum atomic E-state index is -3.69. The summed E-state index contributed by atoms with van der Waals surface area (Å²) >= 11 is 0. The summed E-state index contributed by atoms with van der Waals surface area (Å²) in [5, 5.41) is 1.22. The minimum absolute atomic E-state index is 0. The zero-order valence-electron chi connectivity index (χ0n) is 14.8. The van der Waals surface area contributed by atoms with E-state index in [9.17, 15) is 17.6 Å². The standard InChI is InChI=1S/C17H23FN2O3S.ClH/c1-5-16(21)19(6-2)11-13-12-24(22,23)20(17(13,3)4)15-9-7-14(18)8-10-15;/h7-10,12H,5-6,11H2,1-4H3;1H. The van der Waals surface area contributed by atoms with E-state index >= 15 is 0 Å². The first-order valence-corrected chi connectivity index (χ1v) is 9.43. The van der Waals surface area contributed by atoms with Gasteiger partial charge in [-0.05, 0) is 50.6 Å². The SMILES string of the molecule is CCC(=O)N(CC)CC1=CS(=O)(=O)N(c2ccc(F)cc2)C1(C)C.Cl. The lowest BCUT2D eigenvalue weighted by Crippen LogP contribution is -2.46. The molecule has 0 aromatic heterocycles. The third kappa shape index (κ3) is 4.15. The van der Waals surface area contributed by atoms with Gasteiger partial charge in [0.05, 0.1) is 16.6 Å². The smallest absolute Gasteiger partial charge is 0.258 e. The lowest BCUT2D eigenvalue weighted by atomic mass is 9.94. The number of anilines is 1. The Balaban J connectivity index is 0.00000312. The van der Waals surface area contributed by atoms with Gasteiger partial charge < -0.3 is 4.90 Å². The number of amides is 1. The van der Waals surface area contributed by atoms with E-state index < -0.39 is 21.4 Å². The molecule has 1 aliphatic heterocycles. The Kier molecular flexibility index (Phi) is 6.64. The van der Waals surface area contributed by atoms with Crippen LogP contribution in [0.4, 0.5) is 10.1 Å². The summed E-state index contributed by atoms with van der Waals surface area (Å²) in [6.45, 7) is 7.99. The number of likely N-dealkylation sites (N-methyl/N-ethyl adjacent to an activating group) is 1. The molecule has 1 aromatic carbocycles. The van der Waals surface area contributed by atoms with E-state index in [4.69, 9.17) is 0 Å². The molecule has 140 valence electrons. The van der Waals surface area contributed by atoms with Gasteiger partial charge >= 0.3 is 0 Å². The second kappa shape index (κ2) is 7.74. The number of nitrogens with zero attached hydrogens (tertiary/aromatic N) is 2. The van der Waals surface area contributed by atoms with Gasteiger partial charge in [-0.1, -0.05) is 6.92 Å². The van der Waals surface area contributed by atoms with Gasteiger partial charge in [0.25, 0.3) is 10.0 Å². The zero-order chi connectivity index (χ0) is 18.1. The highest BCUT2D eigenvalue weighted by Crippen LogP contribution is 2.39. The van der Waals surface area contributed by atoms with Crippen LogP contribution in [0.15, 0.2) is 35.2 Å². The van der Waals surface area contributed by atoms with Gasteiger partial charge in [0.1, 0.15) is 5.82 Å². The van der Waals surface area contributed by atoms with Crippen LogP contribution >= 0.6 is 12.4 Å². The topological polar surface area (TPSA) is 57.7 Å². The van der Waals surface area contributed by atoms with Crippen LogP contribution in [0.1, 0.15) is 34.1 Å². The number of benzene rings is 1. The monoisotopic (exact) mass is 390 g/mol. The fourth-order valence-corrected chi connectivity index (χ4v) is 4.90. The lowest BCUT2D eigenvalue weighted by molar-refractivity contribution is -0.130. The molecule has 8 heteroatoms. The summed E-state index contributed by atoms with van der Waals surface area (Å²) in [6, 6.07) is 5.36. The van der Waals surface area contributed by atoms with Crippen LogP contribution in [0.25, 0.3) is 0 Å². The van der Waals surface area contributed by atoms with Crippen LogP contribution in [0.3, 0.4) is 0 Å². The molecule has 0 aliphatic carbocycles. The number of hydrogen-bond acceptors (Lipinski definition) is 3. The summed E-state index contributed by atoms with van der Waals surface area (Å²) < 4.78 is 39.7. The van der Waals surface area contributed by atoms with Crippen molar-refractivity contribution in [2.75, 3.05) is 17.4 Å². The van der Waals surface area contributed by atoms with E-state index in [-0.39, 0.29) is 24.9 Å². The Labute approximate surface area is 155 Å². The van der Waals surface area contributed by atoms with Crippen LogP contribution in [-0.4, -0.2) is 37.9 Å². The highest BCUT2D eigenvalue weighted by atomic mass is 35.5. The molecule has 25 heavy (non-hydrogen) atoms. The highest BCUT2D eigenvalue weighted by Gasteiger charge is 2.45. The van der Waals surface area contributed by atoms with Crippen LogP contribution in [0, 0.1) is 5.82 Å². The summed E-state index contributed by atoms with van der Waals surface area (Å²) in [4.78, 5) is 13.6. The molecule has 0 saturated carbocycles. The molecule has 0 fully saturated rings. The van der Waals surface area contributed by atoms with E-state index in [0.29, 0.717) is 24.2 Å². The van der Waals surface area contributed by atoms with Gasteiger partial charge in [-0.15, -0.1) is 12.4 Å². The Hall–Kier alpha value is -1.60. The second-order valence-corrected chi connectivity index (χ2v) is 7.88. The average molecular weight is 391 g/mol. The van der Waals surface area contributed by atoms with E-state index in [0.717, 1.165) is 0 Å². The summed E-state index contributed by atoms with van der Waals surface area (Å²) in [5.74, 6) is -0.445. The van der Waals surface area contributed by atoms with Crippen molar-refractivity contribution in [3.63, 3.8) is 0 Å². The van der Waals surface area contributed by atoms with Crippen molar-refractivity contribution in [2.24, 2.45) is 0 Å². The van der Waals surface area contributed by atoms with Gasteiger partial charge in [-0.25, -0.2) is 12.8 Å². The Bertz CT molecular complexity index is 761. The molecule has 0 bridgehead atoms. The molecule has 2 rings (SSSR count). The molecule has 1 aliphatic rings. The number of sulfonamides is 1. The Morgan fingerprint density at radius 1 is 1.20 bits per heavy atom. The molecule has 0 spiro atoms. The van der Waals surface area contributed by atoms with Crippen molar-refractivity contribution >= 4 is 34.0 Å². The molecule has 0 atom stereocenters. The second-order valence-electron chi connectivity index (χ2n) is 6.25. The predicted octanol–water partition coefficient (Wildman–Crippen LogP) is 3.32. The first kappa shape index (κ1) is 21.4. The largest absolute Gasteiger partial charge is 0.339 e. The maximum Gasteiger partial charge on any atom is 0.258 e. The van der Waals surface area contributed by atoms with Crippen molar-refractivity contribution in [1.82, 2.24) is 4.90 Å². The molecule has 0 saturated heterocycles. The fraction of sp³-hybridized carbons (Fsp3) is 0.471. The fourth-order valence-electron chi connectivity index (χ4n) is 2.91. The van der Waals surface area contributed by atoms with Crippen molar-refractivity contribution in [1.29, 1.82) is 0 Å². The number of halogens is 2. The van der Waals surface area contributed by atoms with Crippen molar-refractivity contribution in [3.05, 3.63) is 41.1 Å². The third-order valence-corrected chi connectivity index (χ3v) is 6.06. The van der Waals surface area contributed by atoms with Crippen molar-refractivity contribution < 1.29 is 17.6 Å². The first-order chi connectivity index (χ1) is 11.1. The molecule has 1 amide bonds. The highest BCUT2D eigenvalue weighted by molar-refractivity contribution is 7.96. The van der Waals surface area contributed by atoms with Crippen LogP contribution in [0.5, 0.6) is 0 Å². The molecule has 1 heterocycles. The molecule has 0 radical (unpaired) electrons. The van der Waals surface area contributed by atoms with Crippen molar-refractivity contribution in [3.8, 4) is 0 Å². The molecular weight excluding hydrogens is 367 g/mol. The van der Waals surface area contributed by atoms with E-state index in [1.54, 1.807) is 25.7 Å². The quantitative estimate of drug-likeness (QED) is 0.774. The van der Waals surface area contributed by atoms with E-state index in [2.05, 4.69) is 0 Å². The maximum absolute atomic E-state index is 13.2. The maximum atomic E-state index is 13.2. The lowest BCUT2D eigenvalue weighted by Gasteiger charge is -2.36. The summed E-state index contributed by atoms with van der Waals surface area (Å²) in [7, 11) is -3.69. The summed E-state index contributed by atoms with van der Waals surface area (Å²) in [5.41, 5.74) is 0.200. The van der Waals surface area contributed by atoms with Crippen molar-refractivity contribution in [2.45, 2.75) is 39.7 Å². The normalized spacial score (nSPS) is 17.6. The first-order valence-electron chi connectivity index (χ1n) is 7.93. The Morgan fingerprint density at radius 2 is 1.76 bits per heavy atom. The Morgan fingerprint density at radius 3 is 2.24 bits per heavy atom. The summed E-state index contributed by atoms with van der Waals surface area (Å²) in [6.07, 6.45) is 0.371. The van der Waals surface area contributed by atoms with Gasteiger partial charge in [0.15, 0.2) is 0 Å². The van der Waals surface area contributed by atoms with Gasteiger partial charge in [0.2, 0.25) is 5.91 Å². The van der Waals surface area contributed by atoms with Gasteiger partial charge in [-0.3, -0.25) is 9.10 Å². The van der Waals surface area contributed by atoms with Gasteiger partial charge in [0, 0.05) is 19.5 Å². The van der Waals surface area contributed by atoms with Crippen LogP contribution in [-0.2, 0) is 14.8 Å². The zero-order valence-corrected chi connectivity index (χ0v) is 16.5. The van der Waals surface area contributed by atoms with Crippen LogP contribution < -0.4 is 4.31 Å². The number of carbonyl (C=O) groups is 1. The van der Waals surface area contributed by atoms with Gasteiger partial charge in [-0.2, -0.15) is 0 Å². The molecule has 0 unspecified atom stereocenters. The molecule has 5 nitrogen and oxygen atoms in total. The van der Waals surface area contributed by atoms with E-state index in [1.807, 2.05) is 6.92 Å². The molecule has 0 N–H and O–H groups in total. The number of hydrogen-bond donors (Lipinski definition) is 0. The molecular formula is C17H24ClFN2O3S. The van der Waals surface area contributed by atoms with Crippen LogP contribution in [0.2, 0.25) is 0 Å². The predicted molar refractivity (Wildman–Crippen MR) is 99.8 cm³/mol. The number of carbonyl (C=O) groups excluding carboxylic acids is 1.